The zero-order chi connectivity index (χ0) is 12.7. The average molecular weight is 257 g/mol. The Kier molecular flexibility index (Phi) is 5.44. The summed E-state index contributed by atoms with van der Waals surface area (Å²) in [4.78, 5) is 0. The largest absolute Gasteiger partial charge is 0.493 e. The molecular formula is C12H19NO3S. The molecule has 0 atom stereocenters. The van der Waals surface area contributed by atoms with Crippen LogP contribution in [0.3, 0.4) is 0 Å². The van der Waals surface area contributed by atoms with Gasteiger partial charge in [0.2, 0.25) is 0 Å². The second kappa shape index (κ2) is 6.61. The first-order chi connectivity index (χ1) is 8.07. The number of hydrogen-bond acceptors (Lipinski definition) is 4. The van der Waals surface area contributed by atoms with Crippen molar-refractivity contribution in [3.05, 3.63) is 29.8 Å². The Labute approximate surface area is 103 Å². The van der Waals surface area contributed by atoms with Gasteiger partial charge in [0.25, 0.3) is 0 Å². The minimum atomic E-state index is -2.95. The molecule has 0 aliphatic rings. The molecule has 17 heavy (non-hydrogen) atoms. The molecule has 1 aromatic carbocycles. The molecule has 96 valence electrons. The fourth-order valence-corrected chi connectivity index (χ4v) is 1.98. The Morgan fingerprint density at radius 3 is 2.41 bits per heavy atom. The highest BCUT2D eigenvalue weighted by atomic mass is 32.2. The predicted octanol–water partition coefficient (Wildman–Crippen LogP) is 1.00. The average Bonchev–Trinajstić information content (AvgIpc) is 2.32. The molecule has 0 heterocycles. The first-order valence-electron chi connectivity index (χ1n) is 5.69. The van der Waals surface area contributed by atoms with E-state index in [2.05, 4.69) is 0 Å². The van der Waals surface area contributed by atoms with Gasteiger partial charge in [-0.2, -0.15) is 0 Å². The second-order valence-electron chi connectivity index (χ2n) is 3.77. The highest BCUT2D eigenvalue weighted by Crippen LogP contribution is 2.12. The van der Waals surface area contributed by atoms with E-state index in [9.17, 15) is 8.42 Å². The van der Waals surface area contributed by atoms with Crippen LogP contribution in [0, 0.1) is 0 Å². The summed E-state index contributed by atoms with van der Waals surface area (Å²) in [5.41, 5.74) is 6.60. The van der Waals surface area contributed by atoms with Crippen LogP contribution in [0.2, 0.25) is 0 Å². The van der Waals surface area contributed by atoms with Crippen molar-refractivity contribution >= 4 is 9.84 Å². The number of hydrogen-bond donors (Lipinski definition) is 1. The molecule has 2 N–H and O–H groups in total. The Balaban J connectivity index is 2.42. The lowest BCUT2D eigenvalue weighted by Gasteiger charge is -2.07. The molecule has 0 saturated carbocycles. The van der Waals surface area contributed by atoms with Crippen molar-refractivity contribution < 1.29 is 13.2 Å². The van der Waals surface area contributed by atoms with E-state index in [1.165, 1.54) is 0 Å². The van der Waals surface area contributed by atoms with E-state index in [0.717, 1.165) is 12.0 Å². The smallest absolute Gasteiger partial charge is 0.153 e. The summed E-state index contributed by atoms with van der Waals surface area (Å²) < 4.78 is 27.8. The summed E-state index contributed by atoms with van der Waals surface area (Å²) >= 11 is 0. The van der Waals surface area contributed by atoms with Crippen molar-refractivity contribution in [2.24, 2.45) is 5.73 Å². The Morgan fingerprint density at radius 1 is 1.24 bits per heavy atom. The lowest BCUT2D eigenvalue weighted by Crippen LogP contribution is -2.15. The van der Waals surface area contributed by atoms with Gasteiger partial charge in [-0.15, -0.1) is 0 Å². The van der Waals surface area contributed by atoms with Crippen LogP contribution >= 0.6 is 0 Å². The standard InChI is InChI=1S/C12H19NO3S/c1-2-17(14,15)10-9-16-12-5-3-11(4-6-12)7-8-13/h3-6H,2,7-10,13H2,1H3. The lowest BCUT2D eigenvalue weighted by atomic mass is 10.1. The molecule has 0 saturated heterocycles. The molecule has 0 aromatic heterocycles. The van der Waals surface area contributed by atoms with Gasteiger partial charge in [-0.05, 0) is 30.7 Å². The summed E-state index contributed by atoms with van der Waals surface area (Å²) in [7, 11) is -2.95. The van der Waals surface area contributed by atoms with E-state index >= 15 is 0 Å². The van der Waals surface area contributed by atoms with E-state index in [1.54, 1.807) is 6.92 Å². The van der Waals surface area contributed by atoms with E-state index in [4.69, 9.17) is 10.5 Å². The zero-order valence-corrected chi connectivity index (χ0v) is 10.9. The van der Waals surface area contributed by atoms with E-state index in [0.29, 0.717) is 12.3 Å². The summed E-state index contributed by atoms with van der Waals surface area (Å²) in [6, 6.07) is 7.56. The Bertz CT molecular complexity index is 426. The quantitative estimate of drug-likeness (QED) is 0.791. The van der Waals surface area contributed by atoms with Crippen molar-refractivity contribution in [3.63, 3.8) is 0 Å². The summed E-state index contributed by atoms with van der Waals surface area (Å²) in [5.74, 6) is 0.914. The summed E-state index contributed by atoms with van der Waals surface area (Å²) in [6.07, 6.45) is 0.838. The van der Waals surface area contributed by atoms with Gasteiger partial charge in [0.05, 0.1) is 5.75 Å². The van der Waals surface area contributed by atoms with Crippen LogP contribution in [0.5, 0.6) is 5.75 Å². The monoisotopic (exact) mass is 257 g/mol. The van der Waals surface area contributed by atoms with Crippen LogP contribution in [0.15, 0.2) is 24.3 Å². The molecule has 0 unspecified atom stereocenters. The van der Waals surface area contributed by atoms with E-state index in [1.807, 2.05) is 24.3 Å². The Morgan fingerprint density at radius 2 is 1.88 bits per heavy atom. The lowest BCUT2D eigenvalue weighted by molar-refractivity contribution is 0.341. The van der Waals surface area contributed by atoms with Crippen LogP contribution in [0.1, 0.15) is 12.5 Å². The van der Waals surface area contributed by atoms with Gasteiger partial charge in [-0.3, -0.25) is 0 Å². The number of nitrogens with two attached hydrogens (primary N) is 1. The highest BCUT2D eigenvalue weighted by Gasteiger charge is 2.07. The maximum Gasteiger partial charge on any atom is 0.153 e. The zero-order valence-electron chi connectivity index (χ0n) is 10.1. The Hall–Kier alpha value is -1.07. The van der Waals surface area contributed by atoms with Gasteiger partial charge in [0.1, 0.15) is 12.4 Å². The molecule has 0 aliphatic heterocycles. The van der Waals surface area contributed by atoms with Crippen LogP contribution < -0.4 is 10.5 Å². The molecule has 1 rings (SSSR count). The van der Waals surface area contributed by atoms with Crippen LogP contribution in [0.25, 0.3) is 0 Å². The summed E-state index contributed by atoms with van der Waals surface area (Å²) in [5, 5.41) is 0. The molecular weight excluding hydrogens is 238 g/mol. The first-order valence-corrected chi connectivity index (χ1v) is 7.52. The van der Waals surface area contributed by atoms with Crippen molar-refractivity contribution in [2.75, 3.05) is 24.7 Å². The highest BCUT2D eigenvalue weighted by molar-refractivity contribution is 7.91. The minimum Gasteiger partial charge on any atom is -0.493 e. The van der Waals surface area contributed by atoms with E-state index in [-0.39, 0.29) is 18.1 Å². The van der Waals surface area contributed by atoms with Crippen LogP contribution in [-0.4, -0.2) is 33.1 Å². The third kappa shape index (κ3) is 5.19. The van der Waals surface area contributed by atoms with E-state index < -0.39 is 9.84 Å². The van der Waals surface area contributed by atoms with Gasteiger partial charge in [-0.1, -0.05) is 19.1 Å². The van der Waals surface area contributed by atoms with Gasteiger partial charge in [0.15, 0.2) is 9.84 Å². The number of ether oxygens (including phenoxy) is 1. The van der Waals surface area contributed by atoms with Crippen molar-refractivity contribution in [1.82, 2.24) is 0 Å². The maximum absolute atomic E-state index is 11.2. The normalized spacial score (nSPS) is 11.4. The number of benzene rings is 1. The molecule has 0 amide bonds. The van der Waals surface area contributed by atoms with Gasteiger partial charge in [0, 0.05) is 5.75 Å². The molecule has 0 fully saturated rings. The maximum atomic E-state index is 11.2. The SMILES string of the molecule is CCS(=O)(=O)CCOc1ccc(CCN)cc1. The molecule has 0 radical (unpaired) electrons. The summed E-state index contributed by atoms with van der Waals surface area (Å²) in [6.45, 7) is 2.46. The topological polar surface area (TPSA) is 69.4 Å². The van der Waals surface area contributed by atoms with Crippen molar-refractivity contribution in [3.8, 4) is 5.75 Å². The second-order valence-corrected chi connectivity index (χ2v) is 6.24. The fraction of sp³-hybridized carbons (Fsp3) is 0.500. The van der Waals surface area contributed by atoms with Gasteiger partial charge < -0.3 is 10.5 Å². The molecule has 5 heteroatoms. The third-order valence-electron chi connectivity index (χ3n) is 2.46. The molecule has 4 nitrogen and oxygen atoms in total. The fourth-order valence-electron chi connectivity index (χ4n) is 1.35. The number of rotatable bonds is 7. The van der Waals surface area contributed by atoms with Gasteiger partial charge in [-0.25, -0.2) is 8.42 Å². The van der Waals surface area contributed by atoms with Crippen molar-refractivity contribution in [2.45, 2.75) is 13.3 Å². The minimum absolute atomic E-state index is 0.0635. The number of sulfone groups is 1. The van der Waals surface area contributed by atoms with Crippen LogP contribution in [0.4, 0.5) is 0 Å². The third-order valence-corrected chi connectivity index (χ3v) is 4.13. The van der Waals surface area contributed by atoms with Crippen LogP contribution in [-0.2, 0) is 16.3 Å². The first kappa shape index (κ1) is 14.0. The molecule has 0 aliphatic carbocycles. The van der Waals surface area contributed by atoms with Crippen molar-refractivity contribution in [1.29, 1.82) is 0 Å². The predicted molar refractivity (Wildman–Crippen MR) is 69.0 cm³/mol. The van der Waals surface area contributed by atoms with Gasteiger partial charge >= 0.3 is 0 Å². The molecule has 0 spiro atoms. The molecule has 0 bridgehead atoms. The molecule has 1 aromatic rings.